The van der Waals surface area contributed by atoms with Crippen molar-refractivity contribution in [3.05, 3.63) is 18.2 Å². The molecule has 0 saturated carbocycles. The second-order valence-electron chi connectivity index (χ2n) is 5.95. The van der Waals surface area contributed by atoms with E-state index in [1.54, 1.807) is 6.20 Å². The lowest BCUT2D eigenvalue weighted by molar-refractivity contribution is -0.126. The zero-order valence-electron chi connectivity index (χ0n) is 13.3. The molecule has 0 bridgehead atoms. The van der Waals surface area contributed by atoms with Gasteiger partial charge in [-0.3, -0.25) is 9.69 Å². The number of nitrogens with zero attached hydrogens (tertiary/aromatic N) is 2. The lowest BCUT2D eigenvalue weighted by Crippen LogP contribution is -2.51. The van der Waals surface area contributed by atoms with Gasteiger partial charge in [0.2, 0.25) is 5.91 Å². The maximum atomic E-state index is 12.4. The predicted octanol–water partition coefficient (Wildman–Crippen LogP) is 1.13. The van der Waals surface area contributed by atoms with Crippen LogP contribution < -0.4 is 10.6 Å². The van der Waals surface area contributed by atoms with E-state index in [4.69, 9.17) is 0 Å². The van der Waals surface area contributed by atoms with Gasteiger partial charge in [0.25, 0.3) is 0 Å². The summed E-state index contributed by atoms with van der Waals surface area (Å²) in [6, 6.07) is 0.652. The van der Waals surface area contributed by atoms with Crippen LogP contribution in [0.4, 0.5) is 0 Å². The van der Waals surface area contributed by atoms with E-state index in [1.807, 2.05) is 6.20 Å². The van der Waals surface area contributed by atoms with Crippen LogP contribution in [0.25, 0.3) is 0 Å². The maximum Gasteiger partial charge on any atom is 0.237 e. The molecular weight excluding hydrogens is 337 g/mol. The van der Waals surface area contributed by atoms with Crippen LogP contribution in [0.3, 0.4) is 0 Å². The van der Waals surface area contributed by atoms with Crippen LogP contribution >= 0.6 is 24.8 Å². The quantitative estimate of drug-likeness (QED) is 0.733. The number of imidazole rings is 1. The summed E-state index contributed by atoms with van der Waals surface area (Å²) in [7, 11) is 0. The summed E-state index contributed by atoms with van der Waals surface area (Å²) >= 11 is 0. The molecule has 0 unspecified atom stereocenters. The molecule has 3 rings (SSSR count). The minimum Gasteiger partial charge on any atom is -0.354 e. The highest BCUT2D eigenvalue weighted by Gasteiger charge is 2.35. The molecule has 0 spiro atoms. The van der Waals surface area contributed by atoms with Crippen molar-refractivity contribution in [2.45, 2.75) is 44.2 Å². The van der Waals surface area contributed by atoms with Crippen molar-refractivity contribution < 1.29 is 4.79 Å². The molecule has 2 aliphatic rings. The van der Waals surface area contributed by atoms with Gasteiger partial charge in [-0.15, -0.1) is 24.8 Å². The molecule has 132 valence electrons. The van der Waals surface area contributed by atoms with E-state index in [1.165, 1.54) is 0 Å². The summed E-state index contributed by atoms with van der Waals surface area (Å²) in [5.41, 5.74) is 0. The van der Waals surface area contributed by atoms with E-state index in [0.29, 0.717) is 12.6 Å². The fourth-order valence-electron chi connectivity index (χ4n) is 3.50. The van der Waals surface area contributed by atoms with Gasteiger partial charge in [-0.05, 0) is 45.3 Å². The van der Waals surface area contributed by atoms with E-state index in [0.717, 1.165) is 57.6 Å². The number of aromatic nitrogens is 2. The highest BCUT2D eigenvalue weighted by atomic mass is 35.5. The van der Waals surface area contributed by atoms with Crippen LogP contribution in [-0.2, 0) is 11.2 Å². The Kier molecular flexibility index (Phi) is 8.91. The van der Waals surface area contributed by atoms with Gasteiger partial charge in [0.05, 0.1) is 6.04 Å². The Morgan fingerprint density at radius 3 is 2.78 bits per heavy atom. The number of piperidine rings is 1. The first kappa shape index (κ1) is 20.2. The second kappa shape index (κ2) is 10.1. The van der Waals surface area contributed by atoms with Crippen LogP contribution in [0.2, 0.25) is 0 Å². The van der Waals surface area contributed by atoms with E-state index in [2.05, 4.69) is 25.5 Å². The van der Waals surface area contributed by atoms with Crippen LogP contribution in [0.5, 0.6) is 0 Å². The van der Waals surface area contributed by atoms with Crippen molar-refractivity contribution in [3.63, 3.8) is 0 Å². The molecule has 3 N–H and O–H groups in total. The first-order chi connectivity index (χ1) is 10.3. The van der Waals surface area contributed by atoms with Crippen LogP contribution in [0, 0.1) is 0 Å². The minimum atomic E-state index is 0. The Balaban J connectivity index is 0.00000132. The first-order valence-electron chi connectivity index (χ1n) is 8.07. The smallest absolute Gasteiger partial charge is 0.237 e. The molecule has 1 amide bonds. The monoisotopic (exact) mass is 363 g/mol. The van der Waals surface area contributed by atoms with Gasteiger partial charge >= 0.3 is 0 Å². The molecule has 2 fully saturated rings. The van der Waals surface area contributed by atoms with Gasteiger partial charge in [0, 0.05) is 31.4 Å². The van der Waals surface area contributed by atoms with Crippen LogP contribution in [-0.4, -0.2) is 59.0 Å². The number of nitrogens with one attached hydrogen (secondary N) is 3. The summed E-state index contributed by atoms with van der Waals surface area (Å²) in [6.45, 7) is 3.88. The topological polar surface area (TPSA) is 73.0 Å². The number of halogens is 2. The number of hydrogen-bond acceptors (Lipinski definition) is 4. The summed E-state index contributed by atoms with van der Waals surface area (Å²) < 4.78 is 0. The van der Waals surface area contributed by atoms with Crippen LogP contribution in [0.15, 0.2) is 12.4 Å². The third-order valence-corrected chi connectivity index (χ3v) is 4.59. The number of amides is 1. The van der Waals surface area contributed by atoms with Crippen molar-refractivity contribution in [1.82, 2.24) is 25.5 Å². The zero-order valence-corrected chi connectivity index (χ0v) is 14.9. The van der Waals surface area contributed by atoms with Gasteiger partial charge in [0.15, 0.2) is 0 Å². The molecule has 1 aromatic heterocycles. The number of carbonyl (C=O) groups excluding carboxylic acids is 1. The number of hydrogen-bond donors (Lipinski definition) is 3. The second-order valence-corrected chi connectivity index (χ2v) is 5.95. The molecule has 0 aromatic carbocycles. The van der Waals surface area contributed by atoms with Gasteiger partial charge in [0.1, 0.15) is 5.82 Å². The van der Waals surface area contributed by atoms with E-state index in [-0.39, 0.29) is 36.8 Å². The molecule has 1 atom stereocenters. The lowest BCUT2D eigenvalue weighted by Gasteiger charge is -2.35. The Hall–Kier alpha value is -0.820. The highest BCUT2D eigenvalue weighted by molar-refractivity contribution is 5.85. The third-order valence-electron chi connectivity index (χ3n) is 4.59. The molecule has 0 aliphatic carbocycles. The standard InChI is InChI=1S/C15H25N5O.2ClH/c21-15(19-8-5-14-17-9-10-18-14)13-2-1-11-20(13)12-3-6-16-7-4-12;;/h9-10,12-13,16H,1-8,11H2,(H,17,18)(H,19,21);2*1H/t13-;;/m0../s1. The fraction of sp³-hybridized carbons (Fsp3) is 0.733. The SMILES string of the molecule is Cl.Cl.O=C(NCCc1ncc[nH]1)[C@@H]1CCCN1C1CCNCC1. The van der Waals surface area contributed by atoms with Gasteiger partial charge in [-0.25, -0.2) is 4.98 Å². The van der Waals surface area contributed by atoms with E-state index >= 15 is 0 Å². The summed E-state index contributed by atoms with van der Waals surface area (Å²) in [5, 5.41) is 6.47. The minimum absolute atomic E-state index is 0. The molecule has 3 heterocycles. The van der Waals surface area contributed by atoms with Crippen LogP contribution in [0.1, 0.15) is 31.5 Å². The van der Waals surface area contributed by atoms with Crippen molar-refractivity contribution in [2.75, 3.05) is 26.2 Å². The number of likely N-dealkylation sites (tertiary alicyclic amines) is 1. The Morgan fingerprint density at radius 1 is 1.30 bits per heavy atom. The zero-order chi connectivity index (χ0) is 14.5. The predicted molar refractivity (Wildman–Crippen MR) is 95.4 cm³/mol. The number of H-pyrrole nitrogens is 1. The Morgan fingerprint density at radius 2 is 2.09 bits per heavy atom. The fourth-order valence-corrected chi connectivity index (χ4v) is 3.50. The normalized spacial score (nSPS) is 22.2. The average molecular weight is 364 g/mol. The molecule has 0 radical (unpaired) electrons. The van der Waals surface area contributed by atoms with Gasteiger partial charge in [-0.1, -0.05) is 0 Å². The van der Waals surface area contributed by atoms with Crippen molar-refractivity contribution >= 4 is 30.7 Å². The summed E-state index contributed by atoms with van der Waals surface area (Å²) in [6.07, 6.45) is 8.78. The molecule has 23 heavy (non-hydrogen) atoms. The maximum absolute atomic E-state index is 12.4. The molecule has 2 saturated heterocycles. The van der Waals surface area contributed by atoms with Crippen molar-refractivity contribution in [2.24, 2.45) is 0 Å². The van der Waals surface area contributed by atoms with Gasteiger partial charge < -0.3 is 15.6 Å². The van der Waals surface area contributed by atoms with Crippen molar-refractivity contribution in [3.8, 4) is 0 Å². The Bertz CT molecular complexity index is 451. The molecule has 1 aromatic rings. The molecule has 2 aliphatic heterocycles. The Labute approximate surface area is 150 Å². The first-order valence-corrected chi connectivity index (χ1v) is 8.07. The summed E-state index contributed by atoms with van der Waals surface area (Å²) in [5.74, 6) is 1.12. The van der Waals surface area contributed by atoms with E-state index in [9.17, 15) is 4.79 Å². The number of aromatic amines is 1. The highest BCUT2D eigenvalue weighted by Crippen LogP contribution is 2.24. The summed E-state index contributed by atoms with van der Waals surface area (Å²) in [4.78, 5) is 22.1. The largest absolute Gasteiger partial charge is 0.354 e. The molecule has 6 nitrogen and oxygen atoms in total. The van der Waals surface area contributed by atoms with E-state index < -0.39 is 0 Å². The molecule has 8 heteroatoms. The lowest BCUT2D eigenvalue weighted by atomic mass is 10.0. The van der Waals surface area contributed by atoms with Gasteiger partial charge in [-0.2, -0.15) is 0 Å². The van der Waals surface area contributed by atoms with Crippen molar-refractivity contribution in [1.29, 1.82) is 0 Å². The average Bonchev–Trinajstić information content (AvgIpc) is 3.19. The number of carbonyl (C=O) groups is 1. The number of rotatable bonds is 5. The molecular formula is C15H27Cl2N5O. The third kappa shape index (κ3) is 5.35.